The predicted molar refractivity (Wildman–Crippen MR) is 139 cm³/mol. The van der Waals surface area contributed by atoms with E-state index in [0.29, 0.717) is 48.6 Å². The summed E-state index contributed by atoms with van der Waals surface area (Å²) in [6.07, 6.45) is 3.28. The van der Waals surface area contributed by atoms with Crippen LogP contribution in [0.4, 0.5) is 0 Å². The molecule has 0 aromatic heterocycles. The predicted octanol–water partition coefficient (Wildman–Crippen LogP) is 3.92. The zero-order chi connectivity index (χ0) is 26.8. The zero-order valence-corrected chi connectivity index (χ0v) is 21.5. The third kappa shape index (κ3) is 12.5. The van der Waals surface area contributed by atoms with Crippen molar-refractivity contribution in [2.75, 3.05) is 32.9 Å². The fourth-order valence-electron chi connectivity index (χ4n) is 3.19. The first kappa shape index (κ1) is 31.6. The molecule has 1 atom stereocenters. The number of primary amides is 1. The Bertz CT molecular complexity index is 911. The number of phenols is 1. The number of aliphatic hydroxyl groups is 1. The van der Waals surface area contributed by atoms with E-state index in [1.165, 1.54) is 12.1 Å². The summed E-state index contributed by atoms with van der Waals surface area (Å²) in [6, 6.07) is 9.73. The van der Waals surface area contributed by atoms with Crippen LogP contribution >= 0.6 is 23.2 Å². The highest BCUT2D eigenvalue weighted by Crippen LogP contribution is 2.25. The standard InChI is InChI=1S/C24H32Cl2N2O5.CH2O2/c25-20-6-5-7-21(26)19(20)16-33-13-12-32-11-4-2-1-3-10-28-15-23(30)17-8-9-22(29)18(14-17)24(27)31;2-1-3/h5-9,14,23,28-30H,1-4,10-13,15-16H2,(H2,27,31);1H,(H,2,3)/t23-;/m0./s1. The minimum atomic E-state index is -0.784. The lowest BCUT2D eigenvalue weighted by Gasteiger charge is -2.13. The summed E-state index contributed by atoms with van der Waals surface area (Å²) >= 11 is 12.2. The number of hydrogen-bond acceptors (Lipinski definition) is 7. The first-order valence-corrected chi connectivity index (χ1v) is 12.2. The molecule has 2 aromatic carbocycles. The fourth-order valence-corrected chi connectivity index (χ4v) is 3.69. The fraction of sp³-hybridized carbons (Fsp3) is 0.440. The van der Waals surface area contributed by atoms with Gasteiger partial charge in [-0.1, -0.05) is 48.2 Å². The number of carboxylic acid groups (broad SMARTS) is 1. The van der Waals surface area contributed by atoms with Crippen LogP contribution in [0.2, 0.25) is 10.0 Å². The Morgan fingerprint density at radius 3 is 2.33 bits per heavy atom. The van der Waals surface area contributed by atoms with Crippen LogP contribution in [0.5, 0.6) is 5.75 Å². The Morgan fingerprint density at radius 2 is 1.67 bits per heavy atom. The molecule has 0 bridgehead atoms. The summed E-state index contributed by atoms with van der Waals surface area (Å²) in [5.41, 5.74) is 6.54. The molecule has 0 fully saturated rings. The van der Waals surface area contributed by atoms with E-state index in [4.69, 9.17) is 48.3 Å². The van der Waals surface area contributed by atoms with Gasteiger partial charge in [0, 0.05) is 28.8 Å². The third-order valence-electron chi connectivity index (χ3n) is 5.08. The molecule has 2 aromatic rings. The number of nitrogens with one attached hydrogen (secondary N) is 1. The van der Waals surface area contributed by atoms with E-state index in [-0.39, 0.29) is 17.8 Å². The minimum Gasteiger partial charge on any atom is -0.507 e. The van der Waals surface area contributed by atoms with E-state index in [1.54, 1.807) is 24.3 Å². The molecule has 0 heterocycles. The van der Waals surface area contributed by atoms with Gasteiger partial charge in [0.05, 0.1) is 31.5 Å². The van der Waals surface area contributed by atoms with E-state index in [9.17, 15) is 15.0 Å². The maximum Gasteiger partial charge on any atom is 0.290 e. The van der Waals surface area contributed by atoms with Gasteiger partial charge in [0.25, 0.3) is 12.4 Å². The van der Waals surface area contributed by atoms with Crippen LogP contribution in [0.25, 0.3) is 0 Å². The van der Waals surface area contributed by atoms with Gasteiger partial charge >= 0.3 is 0 Å². The van der Waals surface area contributed by atoms with Crippen LogP contribution < -0.4 is 11.1 Å². The summed E-state index contributed by atoms with van der Waals surface area (Å²) in [4.78, 5) is 19.6. The molecule has 0 aliphatic carbocycles. The molecule has 0 spiro atoms. The van der Waals surface area contributed by atoms with Gasteiger partial charge in [-0.3, -0.25) is 9.59 Å². The minimum absolute atomic E-state index is 0.00493. The maximum absolute atomic E-state index is 11.3. The second kappa shape index (κ2) is 18.8. The number of aromatic hydroxyl groups is 1. The molecular weight excluding hydrogens is 511 g/mol. The molecule has 0 aliphatic rings. The van der Waals surface area contributed by atoms with Crippen molar-refractivity contribution >= 4 is 35.6 Å². The molecule has 36 heavy (non-hydrogen) atoms. The maximum atomic E-state index is 11.3. The first-order valence-electron chi connectivity index (χ1n) is 11.5. The summed E-state index contributed by atoms with van der Waals surface area (Å²) < 4.78 is 11.2. The van der Waals surface area contributed by atoms with Crippen LogP contribution in [0, 0.1) is 0 Å². The zero-order valence-electron chi connectivity index (χ0n) is 20.0. The van der Waals surface area contributed by atoms with Gasteiger partial charge in [0.1, 0.15) is 5.75 Å². The lowest BCUT2D eigenvalue weighted by molar-refractivity contribution is -0.122. The summed E-state index contributed by atoms with van der Waals surface area (Å²) in [5, 5.41) is 31.1. The van der Waals surface area contributed by atoms with Crippen molar-refractivity contribution in [3.8, 4) is 5.75 Å². The second-order valence-corrected chi connectivity index (χ2v) is 8.56. The Morgan fingerprint density at radius 1 is 1.03 bits per heavy atom. The van der Waals surface area contributed by atoms with E-state index in [0.717, 1.165) is 37.8 Å². The average molecular weight is 545 g/mol. The highest BCUT2D eigenvalue weighted by molar-refractivity contribution is 6.35. The Balaban J connectivity index is 0.00000205. The van der Waals surface area contributed by atoms with Gasteiger partial charge in [-0.2, -0.15) is 0 Å². The number of carbonyl (C=O) groups is 2. The first-order chi connectivity index (χ1) is 17.3. The highest BCUT2D eigenvalue weighted by Gasteiger charge is 2.13. The van der Waals surface area contributed by atoms with Crippen molar-refractivity contribution in [3.63, 3.8) is 0 Å². The molecule has 0 saturated carbocycles. The number of halogens is 2. The molecule has 0 saturated heterocycles. The number of rotatable bonds is 16. The summed E-state index contributed by atoms with van der Waals surface area (Å²) in [6.45, 7) is 2.93. The molecule has 200 valence electrons. The van der Waals surface area contributed by atoms with Crippen molar-refractivity contribution in [1.82, 2.24) is 5.32 Å². The molecule has 6 N–H and O–H groups in total. The van der Waals surface area contributed by atoms with E-state index in [1.807, 2.05) is 0 Å². The van der Waals surface area contributed by atoms with Crippen molar-refractivity contribution in [3.05, 3.63) is 63.1 Å². The van der Waals surface area contributed by atoms with Gasteiger partial charge in [-0.05, 0) is 49.2 Å². The number of ether oxygens (including phenoxy) is 2. The topological polar surface area (TPSA) is 151 Å². The second-order valence-electron chi connectivity index (χ2n) is 7.75. The number of benzene rings is 2. The van der Waals surface area contributed by atoms with Crippen LogP contribution in [0.15, 0.2) is 36.4 Å². The van der Waals surface area contributed by atoms with Crippen molar-refractivity contribution in [1.29, 1.82) is 0 Å². The highest BCUT2D eigenvalue weighted by atomic mass is 35.5. The SMILES string of the molecule is NC(=O)c1cc([C@@H](O)CNCCCCCCOCCOCc2c(Cl)cccc2Cl)ccc1O.O=CO. The Kier molecular flexibility index (Phi) is 16.5. The largest absolute Gasteiger partial charge is 0.507 e. The monoisotopic (exact) mass is 544 g/mol. The number of hydrogen-bond donors (Lipinski definition) is 5. The van der Waals surface area contributed by atoms with E-state index < -0.39 is 12.0 Å². The number of unbranched alkanes of at least 4 members (excludes halogenated alkanes) is 3. The molecule has 1 amide bonds. The van der Waals surface area contributed by atoms with Crippen molar-refractivity contribution < 1.29 is 34.4 Å². The van der Waals surface area contributed by atoms with Gasteiger partial charge in [-0.25, -0.2) is 0 Å². The normalized spacial score (nSPS) is 11.4. The van der Waals surface area contributed by atoms with Crippen molar-refractivity contribution in [2.45, 2.75) is 38.4 Å². The molecule has 2 rings (SSSR count). The van der Waals surface area contributed by atoms with Gasteiger partial charge in [0.2, 0.25) is 0 Å². The number of amides is 1. The molecule has 0 radical (unpaired) electrons. The molecule has 9 nitrogen and oxygen atoms in total. The molecule has 11 heteroatoms. The third-order valence-corrected chi connectivity index (χ3v) is 5.79. The smallest absolute Gasteiger partial charge is 0.290 e. The number of nitrogens with two attached hydrogens (primary N) is 1. The average Bonchev–Trinajstić information content (AvgIpc) is 2.84. The lowest BCUT2D eigenvalue weighted by Crippen LogP contribution is -2.23. The van der Waals surface area contributed by atoms with Crippen LogP contribution in [0.1, 0.15) is 53.3 Å². The van der Waals surface area contributed by atoms with Crippen molar-refractivity contribution in [2.24, 2.45) is 5.73 Å². The van der Waals surface area contributed by atoms with Gasteiger partial charge in [0.15, 0.2) is 0 Å². The number of aliphatic hydroxyl groups excluding tert-OH is 1. The van der Waals surface area contributed by atoms with Gasteiger partial charge < -0.3 is 35.8 Å². The summed E-state index contributed by atoms with van der Waals surface area (Å²) in [5.74, 6) is -0.919. The van der Waals surface area contributed by atoms with Crippen LogP contribution in [0.3, 0.4) is 0 Å². The summed E-state index contributed by atoms with van der Waals surface area (Å²) in [7, 11) is 0. The molecular formula is C25H34Cl2N2O7. The lowest BCUT2D eigenvalue weighted by atomic mass is 10.0. The molecule has 0 unspecified atom stereocenters. The van der Waals surface area contributed by atoms with Gasteiger partial charge in [-0.15, -0.1) is 0 Å². The molecule has 0 aliphatic heterocycles. The van der Waals surface area contributed by atoms with E-state index in [2.05, 4.69) is 5.32 Å². The van der Waals surface area contributed by atoms with E-state index >= 15 is 0 Å². The Hall–Kier alpha value is -2.40. The van der Waals surface area contributed by atoms with Crippen LogP contribution in [-0.4, -0.2) is 60.6 Å². The Labute approximate surface area is 221 Å². The quantitative estimate of drug-likeness (QED) is 0.157. The number of carbonyl (C=O) groups excluding carboxylic acids is 1. The van der Waals surface area contributed by atoms with Crippen LogP contribution in [-0.2, 0) is 20.9 Å².